The Bertz CT molecular complexity index is 181. The molecule has 3 nitrogen and oxygen atoms in total. The number of hydrogen-bond donors (Lipinski definition) is 1. The van der Waals surface area contributed by atoms with Crippen LogP contribution >= 0.6 is 0 Å². The lowest BCUT2D eigenvalue weighted by Crippen LogP contribution is -2.14. The largest absolute Gasteiger partial charge is 0.496 e. The maximum atomic E-state index is 10.4. The summed E-state index contributed by atoms with van der Waals surface area (Å²) >= 11 is 0. The number of carbonyl (C=O) groups is 1. The molecule has 0 saturated heterocycles. The number of rotatable bonds is 1. The van der Waals surface area contributed by atoms with Gasteiger partial charge in [0, 0.05) is 0 Å². The van der Waals surface area contributed by atoms with Crippen LogP contribution in [0.15, 0.2) is 24.0 Å². The Labute approximate surface area is 52.8 Å². The molecule has 0 saturated carbocycles. The first-order valence-corrected chi connectivity index (χ1v) is 2.59. The van der Waals surface area contributed by atoms with Crippen molar-refractivity contribution < 1.29 is 9.53 Å². The second-order valence-corrected chi connectivity index (χ2v) is 1.67. The summed E-state index contributed by atoms with van der Waals surface area (Å²) in [7, 11) is 0. The molecule has 1 rings (SSSR count). The van der Waals surface area contributed by atoms with Gasteiger partial charge in [0.2, 0.25) is 0 Å². The van der Waals surface area contributed by atoms with Gasteiger partial charge in [-0.25, -0.2) is 0 Å². The molecule has 9 heavy (non-hydrogen) atoms. The van der Waals surface area contributed by atoms with Gasteiger partial charge in [0.1, 0.15) is 6.61 Å². The first-order valence-electron chi connectivity index (χ1n) is 2.59. The first-order chi connectivity index (χ1) is 4.30. The van der Waals surface area contributed by atoms with Crippen LogP contribution in [0.1, 0.15) is 0 Å². The summed E-state index contributed by atoms with van der Waals surface area (Å²) < 4.78 is 4.79. The summed E-state index contributed by atoms with van der Waals surface area (Å²) in [6.07, 6.45) is 4.74. The van der Waals surface area contributed by atoms with Gasteiger partial charge in [-0.05, 0) is 12.2 Å². The maximum Gasteiger partial charge on any atom is 0.251 e. The van der Waals surface area contributed by atoms with Crippen LogP contribution in [-0.4, -0.2) is 12.5 Å². The van der Waals surface area contributed by atoms with Gasteiger partial charge in [0.15, 0.2) is 0 Å². The molecule has 0 atom stereocenters. The Morgan fingerprint density at radius 1 is 1.78 bits per heavy atom. The number of amides is 1. The third-order valence-corrected chi connectivity index (χ3v) is 0.985. The summed E-state index contributed by atoms with van der Waals surface area (Å²) in [5.41, 5.74) is 5.35. The van der Waals surface area contributed by atoms with Crippen molar-refractivity contribution in [2.75, 3.05) is 6.61 Å². The molecule has 1 aliphatic rings. The Kier molecular flexibility index (Phi) is 1.53. The molecule has 0 unspecified atom stereocenters. The molecule has 0 aromatic rings. The van der Waals surface area contributed by atoms with E-state index in [9.17, 15) is 4.79 Å². The summed E-state index contributed by atoms with van der Waals surface area (Å²) in [5, 5.41) is 0. The molecular formula is C6H7NO2. The summed E-state index contributed by atoms with van der Waals surface area (Å²) in [5.74, 6) is -0.453. The van der Waals surface area contributed by atoms with Crippen LogP contribution in [0.2, 0.25) is 0 Å². The fraction of sp³-hybridized carbons (Fsp3) is 0.167. The van der Waals surface area contributed by atoms with Gasteiger partial charge in [-0.2, -0.15) is 0 Å². The lowest BCUT2D eigenvalue weighted by molar-refractivity contribution is -0.114. The molecule has 1 amide bonds. The molecule has 0 spiro atoms. The molecule has 0 aliphatic carbocycles. The van der Waals surface area contributed by atoms with E-state index in [1.165, 1.54) is 6.26 Å². The summed E-state index contributed by atoms with van der Waals surface area (Å²) in [6, 6.07) is 0. The van der Waals surface area contributed by atoms with Gasteiger partial charge in [0.05, 0.1) is 11.8 Å². The third kappa shape index (κ3) is 1.32. The second-order valence-electron chi connectivity index (χ2n) is 1.67. The number of primary amides is 1. The van der Waals surface area contributed by atoms with Crippen LogP contribution in [0.25, 0.3) is 0 Å². The average Bonchev–Trinajstić information content (AvgIpc) is 1.90. The molecule has 0 aromatic heterocycles. The lowest BCUT2D eigenvalue weighted by Gasteiger charge is -2.02. The number of ether oxygens (including phenoxy) is 1. The smallest absolute Gasteiger partial charge is 0.251 e. The second kappa shape index (κ2) is 2.35. The molecule has 0 fully saturated rings. The van der Waals surface area contributed by atoms with Crippen LogP contribution < -0.4 is 5.73 Å². The highest BCUT2D eigenvalue weighted by molar-refractivity contribution is 5.94. The molecule has 0 aromatic carbocycles. The van der Waals surface area contributed by atoms with E-state index in [0.717, 1.165) is 0 Å². The van der Waals surface area contributed by atoms with Crippen LogP contribution in [0.4, 0.5) is 0 Å². The van der Waals surface area contributed by atoms with E-state index in [-0.39, 0.29) is 0 Å². The van der Waals surface area contributed by atoms with Gasteiger partial charge < -0.3 is 10.5 Å². The predicted octanol–water partition coefficient (Wildman–Crippen LogP) is -0.0580. The zero-order valence-corrected chi connectivity index (χ0v) is 4.83. The zero-order valence-electron chi connectivity index (χ0n) is 4.83. The highest BCUT2D eigenvalue weighted by atomic mass is 16.5. The van der Waals surface area contributed by atoms with Gasteiger partial charge >= 0.3 is 0 Å². The topological polar surface area (TPSA) is 52.3 Å². The van der Waals surface area contributed by atoms with Crippen molar-refractivity contribution in [1.29, 1.82) is 0 Å². The minimum absolute atomic E-state index is 0.418. The quantitative estimate of drug-likeness (QED) is 0.533. The number of hydrogen-bond acceptors (Lipinski definition) is 2. The molecule has 2 N–H and O–H groups in total. The Morgan fingerprint density at radius 3 is 2.89 bits per heavy atom. The van der Waals surface area contributed by atoms with E-state index in [0.29, 0.717) is 12.2 Å². The van der Waals surface area contributed by atoms with E-state index in [1.54, 1.807) is 12.2 Å². The van der Waals surface area contributed by atoms with Crippen molar-refractivity contribution >= 4 is 5.91 Å². The van der Waals surface area contributed by atoms with Crippen LogP contribution in [0.3, 0.4) is 0 Å². The number of nitrogens with two attached hydrogens (primary N) is 1. The van der Waals surface area contributed by atoms with E-state index in [1.807, 2.05) is 0 Å². The van der Waals surface area contributed by atoms with Gasteiger partial charge in [-0.1, -0.05) is 0 Å². The van der Waals surface area contributed by atoms with Crippen molar-refractivity contribution in [3.63, 3.8) is 0 Å². The molecule has 0 radical (unpaired) electrons. The zero-order chi connectivity index (χ0) is 6.69. The molecule has 1 aliphatic heterocycles. The van der Waals surface area contributed by atoms with Crippen molar-refractivity contribution in [1.82, 2.24) is 0 Å². The minimum Gasteiger partial charge on any atom is -0.496 e. The molecule has 3 heteroatoms. The van der Waals surface area contributed by atoms with E-state index in [4.69, 9.17) is 10.5 Å². The van der Waals surface area contributed by atoms with E-state index in [2.05, 4.69) is 0 Å². The Morgan fingerprint density at radius 2 is 2.56 bits per heavy atom. The first kappa shape index (κ1) is 5.88. The van der Waals surface area contributed by atoms with Crippen molar-refractivity contribution in [3.8, 4) is 0 Å². The lowest BCUT2D eigenvalue weighted by atomic mass is 10.2. The maximum absolute atomic E-state index is 10.4. The van der Waals surface area contributed by atoms with Gasteiger partial charge in [-0.15, -0.1) is 0 Å². The minimum atomic E-state index is -0.453. The summed E-state index contributed by atoms with van der Waals surface area (Å²) in [6.45, 7) is 0.525. The third-order valence-electron chi connectivity index (χ3n) is 0.985. The Hall–Kier alpha value is -1.25. The number of carbonyl (C=O) groups excluding carboxylic acids is 1. The molecular weight excluding hydrogens is 118 g/mol. The van der Waals surface area contributed by atoms with Crippen LogP contribution in [-0.2, 0) is 9.53 Å². The standard InChI is InChI=1S/C6H7NO2/c7-6(8)5-2-1-3-9-4-5/h1-2,4H,3H2,(H2,7,8). The molecule has 1 heterocycles. The van der Waals surface area contributed by atoms with Gasteiger partial charge in [0.25, 0.3) is 5.91 Å². The van der Waals surface area contributed by atoms with E-state index < -0.39 is 5.91 Å². The Balaban J connectivity index is 2.69. The highest BCUT2D eigenvalue weighted by Crippen LogP contribution is 2.01. The fourth-order valence-corrected chi connectivity index (χ4v) is 0.548. The summed E-state index contributed by atoms with van der Waals surface area (Å²) in [4.78, 5) is 10.4. The normalized spacial score (nSPS) is 16.2. The van der Waals surface area contributed by atoms with Crippen molar-refractivity contribution in [3.05, 3.63) is 24.0 Å². The van der Waals surface area contributed by atoms with Gasteiger partial charge in [-0.3, -0.25) is 4.79 Å². The molecule has 0 bridgehead atoms. The van der Waals surface area contributed by atoms with Crippen LogP contribution in [0, 0.1) is 0 Å². The monoisotopic (exact) mass is 125 g/mol. The fourth-order valence-electron chi connectivity index (χ4n) is 0.548. The van der Waals surface area contributed by atoms with Crippen LogP contribution in [0.5, 0.6) is 0 Å². The highest BCUT2D eigenvalue weighted by Gasteiger charge is 2.02. The predicted molar refractivity (Wildman–Crippen MR) is 32.4 cm³/mol. The van der Waals surface area contributed by atoms with Crippen molar-refractivity contribution in [2.45, 2.75) is 0 Å². The molecule has 48 valence electrons. The van der Waals surface area contributed by atoms with E-state index >= 15 is 0 Å². The SMILES string of the molecule is NC(=O)C1=COCC=C1. The average molecular weight is 125 g/mol. The van der Waals surface area contributed by atoms with Crippen molar-refractivity contribution in [2.24, 2.45) is 5.73 Å².